The Bertz CT molecular complexity index is 2250. The summed E-state index contributed by atoms with van der Waals surface area (Å²) in [4.78, 5) is 58.0. The molecule has 5 aliphatic carbocycles. The third-order valence-corrected chi connectivity index (χ3v) is 18.6. The third kappa shape index (κ3) is 16.6. The molecule has 1 atom stereocenters. The number of carbonyl (C=O) groups is 4. The van der Waals surface area contributed by atoms with Crippen LogP contribution in [0.3, 0.4) is 0 Å². The zero-order valence-corrected chi connectivity index (χ0v) is 48.4. The number of carboxylic acid groups (broad SMARTS) is 2. The second-order valence-corrected chi connectivity index (χ2v) is 27.6. The molecule has 3 heterocycles. The molecule has 420 valence electrons. The molecule has 0 aromatic carbocycles. The molecule has 0 spiro atoms. The van der Waals surface area contributed by atoms with Crippen molar-refractivity contribution >= 4 is 57.8 Å². The summed E-state index contributed by atoms with van der Waals surface area (Å²) in [5.74, 6) is 11.7. The van der Waals surface area contributed by atoms with Gasteiger partial charge in [0.05, 0.1) is 64.4 Å². The van der Waals surface area contributed by atoms with E-state index in [1.54, 1.807) is 21.9 Å². The molecule has 0 unspecified atom stereocenters. The first-order valence-corrected chi connectivity index (χ1v) is 30.2. The quantitative estimate of drug-likeness (QED) is 0.132. The van der Waals surface area contributed by atoms with E-state index in [1.165, 1.54) is 12.8 Å². The minimum absolute atomic E-state index is 0.0160. The molecule has 6 aliphatic rings. The van der Waals surface area contributed by atoms with Crippen LogP contribution in [0.25, 0.3) is 0 Å². The summed E-state index contributed by atoms with van der Waals surface area (Å²) in [5, 5.41) is 42.7. The molecule has 1 saturated heterocycles. The van der Waals surface area contributed by atoms with Gasteiger partial charge in [-0.1, -0.05) is 50.4 Å². The van der Waals surface area contributed by atoms with E-state index in [0.717, 1.165) is 93.3 Å². The molecule has 4 N–H and O–H groups in total. The lowest BCUT2D eigenvalue weighted by molar-refractivity contribution is -0.126. The van der Waals surface area contributed by atoms with Crippen LogP contribution in [0, 0.1) is 58.2 Å². The Kier molecular flexibility index (Phi) is 20.5. The number of amides is 2. The van der Waals surface area contributed by atoms with E-state index in [0.29, 0.717) is 104 Å². The highest BCUT2D eigenvalue weighted by Crippen LogP contribution is 2.43. The fourth-order valence-electron chi connectivity index (χ4n) is 11.8. The number of carbonyl (C=O) groups excluding carboxylic acids is 2. The van der Waals surface area contributed by atoms with Crippen molar-refractivity contribution in [3.05, 3.63) is 31.6 Å². The van der Waals surface area contributed by atoms with Gasteiger partial charge in [0.2, 0.25) is 11.8 Å². The highest BCUT2D eigenvalue weighted by molar-refractivity contribution is 7.15. The van der Waals surface area contributed by atoms with Gasteiger partial charge >= 0.3 is 11.9 Å². The van der Waals surface area contributed by atoms with Gasteiger partial charge in [-0.15, -0.1) is 22.7 Å². The lowest BCUT2D eigenvalue weighted by Gasteiger charge is -2.42. The van der Waals surface area contributed by atoms with E-state index in [4.69, 9.17) is 14.2 Å². The number of hydrogen-bond donors (Lipinski definition) is 4. The summed E-state index contributed by atoms with van der Waals surface area (Å²) in [6, 6.07) is 3.28. The number of aromatic carboxylic acids is 2. The zero-order valence-electron chi connectivity index (χ0n) is 46.8. The largest absolute Gasteiger partial charge is 0.477 e. The number of nitrogens with zero attached hydrogens (tertiary/aromatic N) is 2. The number of carboxylic acids is 2. The standard InChI is InChI=1S/C31H45NO5S.C30H43NO6S/c1-21-9-11-22(12-10-21)28(33)32(26-19-25(15-16-30(2,3)4)38-27(26)29(34)35)23-13-17-31(36,18-14-23)20-37-24-7-5-6-8-24;1-20-5-7-21(8-6-20)27(32)31(25-17-24(11-13-29(2,3)4)38-26(25)28(33)34)22-9-14-30(35,15-10-22)19-37-23-12-16-36-18-23/h19,21-24,36H,5-14,17-18,20H2,1-4H3,(H,34,35);17,20-23,35H,5-10,12,14-16,18-19H2,1-4H3,(H,33,34)/t;20?,21?,22?,23-,30?/m.0/s1. The predicted molar refractivity (Wildman–Crippen MR) is 300 cm³/mol. The summed E-state index contributed by atoms with van der Waals surface area (Å²) in [6.07, 6.45) is 17.5. The van der Waals surface area contributed by atoms with Crippen molar-refractivity contribution < 1.29 is 53.8 Å². The normalized spacial score (nSPS) is 29.2. The van der Waals surface area contributed by atoms with Crippen molar-refractivity contribution in [1.82, 2.24) is 0 Å². The number of ether oxygens (including phenoxy) is 3. The van der Waals surface area contributed by atoms with Crippen molar-refractivity contribution in [2.24, 2.45) is 34.5 Å². The molecule has 2 amide bonds. The Labute approximate surface area is 461 Å². The van der Waals surface area contributed by atoms with Gasteiger partial charge in [-0.05, 0) is 188 Å². The van der Waals surface area contributed by atoms with Crippen LogP contribution in [0.4, 0.5) is 11.4 Å². The maximum atomic E-state index is 14.1. The van der Waals surface area contributed by atoms with E-state index in [1.807, 2.05) is 41.5 Å². The van der Waals surface area contributed by atoms with Crippen LogP contribution in [0.2, 0.25) is 0 Å². The summed E-state index contributed by atoms with van der Waals surface area (Å²) in [7, 11) is 0. The van der Waals surface area contributed by atoms with Crippen molar-refractivity contribution in [2.75, 3.05) is 36.2 Å². The first kappa shape index (κ1) is 59.9. The molecular formula is C61H88N2O11S2. The number of aliphatic hydroxyl groups is 2. The maximum Gasteiger partial charge on any atom is 0.348 e. The number of thiophene rings is 2. The Morgan fingerprint density at radius 2 is 0.974 bits per heavy atom. The van der Waals surface area contributed by atoms with E-state index in [9.17, 15) is 39.6 Å². The van der Waals surface area contributed by atoms with Crippen molar-refractivity contribution in [1.29, 1.82) is 0 Å². The second-order valence-electron chi connectivity index (χ2n) is 25.5. The van der Waals surface area contributed by atoms with Crippen LogP contribution in [0.15, 0.2) is 12.1 Å². The lowest BCUT2D eigenvalue weighted by atomic mass is 9.79. The highest BCUT2D eigenvalue weighted by atomic mass is 32.1. The third-order valence-electron chi connectivity index (χ3n) is 16.5. The molecule has 8 rings (SSSR count). The first-order valence-electron chi connectivity index (χ1n) is 28.6. The summed E-state index contributed by atoms with van der Waals surface area (Å²) >= 11 is 2.29. The van der Waals surface area contributed by atoms with Gasteiger partial charge in [0.1, 0.15) is 9.75 Å². The van der Waals surface area contributed by atoms with E-state index in [-0.39, 0.29) is 75.1 Å². The molecule has 0 bridgehead atoms. The summed E-state index contributed by atoms with van der Waals surface area (Å²) in [5.41, 5.74) is -1.33. The summed E-state index contributed by atoms with van der Waals surface area (Å²) in [6.45, 7) is 18.4. The highest BCUT2D eigenvalue weighted by Gasteiger charge is 2.44. The Morgan fingerprint density at radius 3 is 1.32 bits per heavy atom. The minimum atomic E-state index is -1.04. The smallest absolute Gasteiger partial charge is 0.348 e. The second kappa shape index (κ2) is 26.0. The molecule has 6 fully saturated rings. The topological polar surface area (TPSA) is 183 Å². The average molecular weight is 1090 g/mol. The molecule has 2 aromatic rings. The van der Waals surface area contributed by atoms with Crippen LogP contribution < -0.4 is 9.80 Å². The number of hydrogen-bond acceptors (Lipinski definition) is 11. The molecule has 15 heteroatoms. The van der Waals surface area contributed by atoms with Gasteiger partial charge in [0, 0.05) is 41.4 Å². The SMILES string of the molecule is CC1CCC(C(=O)N(c2cc(C#CC(C)(C)C)sc2C(=O)O)C2CCC(O)(COC3CCCC3)CC2)CC1.CC1CCC(C(=O)N(c2cc(C#CC(C)(C)C)sc2C(=O)O)C2CCC(O)(CO[C@H]3CCOC3)CC2)CC1. The van der Waals surface area contributed by atoms with Crippen molar-refractivity contribution in [3.63, 3.8) is 0 Å². The molecule has 5 saturated carbocycles. The molecule has 76 heavy (non-hydrogen) atoms. The average Bonchev–Trinajstić information content (AvgIpc) is 4.23. The fraction of sp³-hybridized carbons (Fsp3) is 0.738. The molecular weight excluding hydrogens is 1000 g/mol. The van der Waals surface area contributed by atoms with E-state index < -0.39 is 23.1 Å². The Hall–Kier alpha value is -3.80. The van der Waals surface area contributed by atoms with Gasteiger partial charge < -0.3 is 44.4 Å². The maximum absolute atomic E-state index is 14.1. The van der Waals surface area contributed by atoms with Crippen LogP contribution in [0.1, 0.15) is 219 Å². The number of rotatable bonds is 14. The van der Waals surface area contributed by atoms with E-state index in [2.05, 4.69) is 37.5 Å². The monoisotopic (exact) mass is 1090 g/mol. The molecule has 0 radical (unpaired) electrons. The van der Waals surface area contributed by atoms with Crippen LogP contribution in [-0.4, -0.2) is 106 Å². The zero-order chi connectivity index (χ0) is 55.0. The van der Waals surface area contributed by atoms with E-state index >= 15 is 0 Å². The lowest BCUT2D eigenvalue weighted by Crippen LogP contribution is -2.50. The van der Waals surface area contributed by atoms with Gasteiger partial charge in [-0.2, -0.15) is 0 Å². The minimum Gasteiger partial charge on any atom is -0.477 e. The fourth-order valence-corrected chi connectivity index (χ4v) is 13.5. The number of anilines is 2. The molecule has 1 aliphatic heterocycles. The first-order chi connectivity index (χ1) is 35.9. The van der Waals surface area contributed by atoms with Gasteiger partial charge in [0.15, 0.2) is 0 Å². The van der Waals surface area contributed by atoms with Crippen LogP contribution in [-0.2, 0) is 23.8 Å². The van der Waals surface area contributed by atoms with Gasteiger partial charge in [0.25, 0.3) is 0 Å². The van der Waals surface area contributed by atoms with Gasteiger partial charge in [-0.3, -0.25) is 9.59 Å². The molecule has 2 aromatic heterocycles. The Morgan fingerprint density at radius 1 is 0.592 bits per heavy atom. The van der Waals surface area contributed by atoms with Gasteiger partial charge in [-0.25, -0.2) is 9.59 Å². The van der Waals surface area contributed by atoms with Crippen molar-refractivity contribution in [2.45, 2.75) is 226 Å². The van der Waals surface area contributed by atoms with Crippen molar-refractivity contribution in [3.8, 4) is 23.7 Å². The van der Waals surface area contributed by atoms with Crippen LogP contribution >= 0.6 is 22.7 Å². The summed E-state index contributed by atoms with van der Waals surface area (Å²) < 4.78 is 17.4. The van der Waals surface area contributed by atoms with Crippen LogP contribution in [0.5, 0.6) is 0 Å². The molecule has 13 nitrogen and oxygen atoms in total. The Balaban J connectivity index is 0.000000221. The predicted octanol–water partition coefficient (Wildman–Crippen LogP) is 12.1.